The first-order valence-electron chi connectivity index (χ1n) is 46.1. The minimum atomic E-state index is -3.57. The van der Waals surface area contributed by atoms with E-state index >= 15 is 4.79 Å². The van der Waals surface area contributed by atoms with Gasteiger partial charge in [0.1, 0.15) is 6.10 Å². The molecule has 5 fully saturated rings. The molecule has 5 aliphatic heterocycles. The number of hydrogen-bond donors (Lipinski definition) is 2. The maximum atomic E-state index is 15.1. The summed E-state index contributed by atoms with van der Waals surface area (Å²) in [6.07, 6.45) is -20.1. The first-order valence-corrected chi connectivity index (χ1v) is 54.1. The Morgan fingerprint density at radius 3 is 1.14 bits per heavy atom. The normalized spacial score (nSPS) is 29.2. The van der Waals surface area contributed by atoms with E-state index in [4.69, 9.17) is 70.1 Å². The van der Waals surface area contributed by atoms with Crippen LogP contribution in [0.2, 0.25) is 15.1 Å². The Kier molecular flexibility index (Phi) is 36.8. The Hall–Kier alpha value is -8.11. The number of aliphatic hydroxyl groups is 2. The minimum absolute atomic E-state index is 0.000420. The average Bonchev–Trinajstić information content (AvgIpc) is 0.744. The molecule has 5 saturated heterocycles. The van der Waals surface area contributed by atoms with Crippen molar-refractivity contribution in [1.82, 2.24) is 0 Å². The molecule has 8 aromatic rings. The summed E-state index contributed by atoms with van der Waals surface area (Å²) < 4.78 is 134. The molecule has 0 amide bonds. The zero-order valence-corrected chi connectivity index (χ0v) is 83.8. The van der Waals surface area contributed by atoms with Crippen LogP contribution in [-0.4, -0.2) is 237 Å². The summed E-state index contributed by atoms with van der Waals surface area (Å²) in [7, 11) is -7.82. The Morgan fingerprint density at radius 1 is 0.385 bits per heavy atom. The molecule has 12 unspecified atom stereocenters. The van der Waals surface area contributed by atoms with Crippen molar-refractivity contribution >= 4 is 107 Å². The Bertz CT molecular complexity index is 5130. The predicted octanol–water partition coefficient (Wildman–Crippen LogP) is 13.2. The van der Waals surface area contributed by atoms with Crippen molar-refractivity contribution in [2.45, 2.75) is 240 Å². The molecule has 0 saturated carbocycles. The average molecular weight is 1920 g/mol. The van der Waals surface area contributed by atoms with E-state index < -0.39 is 211 Å². The van der Waals surface area contributed by atoms with Crippen molar-refractivity contribution in [3.05, 3.63) is 285 Å². The monoisotopic (exact) mass is 1920 g/mol. The fourth-order valence-corrected chi connectivity index (χ4v) is 36.4. The van der Waals surface area contributed by atoms with Crippen LogP contribution in [0.15, 0.2) is 258 Å². The molecule has 13 rings (SSSR count). The van der Waals surface area contributed by atoms with E-state index in [0.717, 1.165) is 36.7 Å². The van der Waals surface area contributed by atoms with Gasteiger partial charge >= 0.3 is 606 Å². The second-order valence-electron chi connectivity index (χ2n) is 38.2. The van der Waals surface area contributed by atoms with Crippen LogP contribution in [0.1, 0.15) is 106 Å². The molecule has 0 spiro atoms. The van der Waals surface area contributed by atoms with E-state index in [9.17, 15) is 36.2 Å². The molecule has 0 bridgehead atoms. The van der Waals surface area contributed by atoms with Crippen molar-refractivity contribution in [2.24, 2.45) is 39.0 Å². The summed E-state index contributed by atoms with van der Waals surface area (Å²) in [5.41, 5.74) is 31.6. The molecule has 0 aliphatic carbocycles. The number of hydrogen-bond acceptors (Lipinski definition) is 23. The maximum absolute atomic E-state index is 15.1. The summed E-state index contributed by atoms with van der Waals surface area (Å²) >= 11 is 0. The fourth-order valence-electron chi connectivity index (χ4n) is 20.3. The molecular weight excluding hydrogens is 1800 g/mol. The van der Waals surface area contributed by atoms with Crippen LogP contribution in [0.3, 0.4) is 0 Å². The van der Waals surface area contributed by atoms with Crippen LogP contribution in [-0.2, 0) is 86.1 Å². The number of aliphatic hydroxyl groups excluding tert-OH is 2. The van der Waals surface area contributed by atoms with Gasteiger partial charge in [-0.05, 0) is 39.0 Å². The Morgan fingerprint density at radius 2 is 0.719 bits per heavy atom. The summed E-state index contributed by atoms with van der Waals surface area (Å²) in [5, 5.41) is 41.7. The van der Waals surface area contributed by atoms with Crippen molar-refractivity contribution in [3.8, 4) is 0 Å². The fraction of sp³-hybridized carbons (Fsp3) is 0.495. The first kappa shape index (κ1) is 104. The zero-order chi connectivity index (χ0) is 96.2. The molecule has 5 heterocycles. The summed E-state index contributed by atoms with van der Waals surface area (Å²) in [6, 6.07) is 75.0. The Balaban J connectivity index is 0.882. The number of methoxy groups -OCH3 is 1. The second kappa shape index (κ2) is 47.7. The molecule has 710 valence electrons. The molecule has 8 aromatic carbocycles. The van der Waals surface area contributed by atoms with Crippen LogP contribution < -0.4 is 31.1 Å². The van der Waals surface area contributed by atoms with E-state index in [-0.39, 0.29) is 48.9 Å². The number of azide groups is 3. The first-order chi connectivity index (χ1) is 65.1. The van der Waals surface area contributed by atoms with Crippen LogP contribution >= 0.6 is 16.9 Å². The van der Waals surface area contributed by atoms with Crippen LogP contribution in [0.4, 0.5) is 0 Å². The van der Waals surface area contributed by atoms with Crippen molar-refractivity contribution in [2.75, 3.05) is 40.1 Å². The third kappa shape index (κ3) is 23.2. The quantitative estimate of drug-likeness (QED) is 0.00899. The van der Waals surface area contributed by atoms with Crippen LogP contribution in [0, 0.1) is 23.7 Å². The van der Waals surface area contributed by atoms with E-state index in [1.165, 1.54) is 20.9 Å². The van der Waals surface area contributed by atoms with Crippen molar-refractivity contribution in [1.29, 1.82) is 0 Å². The molecule has 2 N–H and O–H groups in total. The summed E-state index contributed by atoms with van der Waals surface area (Å²) in [4.78, 5) is 25.2. The van der Waals surface area contributed by atoms with Gasteiger partial charge in [0.15, 0.2) is 0 Å². The molecule has 29 nitrogen and oxygen atoms in total. The Labute approximate surface area is 800 Å². The van der Waals surface area contributed by atoms with Gasteiger partial charge in [0.05, 0.1) is 6.61 Å². The molecule has 27 atom stereocenters. The number of esters is 1. The number of nitrogens with zero attached hydrogens (tertiary/aromatic N) is 9. The van der Waals surface area contributed by atoms with Gasteiger partial charge in [-0.25, -0.2) is 0 Å². The molecule has 5 aliphatic rings. The van der Waals surface area contributed by atoms with Crippen LogP contribution in [0.5, 0.6) is 0 Å². The van der Waals surface area contributed by atoms with Gasteiger partial charge in [0.2, 0.25) is 0 Å². The van der Waals surface area contributed by atoms with E-state index in [0.29, 0.717) is 14.1 Å². The van der Waals surface area contributed by atoms with Gasteiger partial charge in [0, 0.05) is 4.91 Å². The number of ether oxygens (including phenoxy) is 12. The SMILES string of the molecule is CO[C@@H]1OC(CO[Si](c2ccccc2)(c2ccccc2)C(C)(C)C)[C@@H](O[C@@H]2OC(CO)[C@@H](O[C@@H]3OC(CO[Si](c4ccccc4)(c4ccccc4)C(C)(C)C)[C@@H](O[C@@H]4OC(CO)[C@@H](O[C@@H]5OC(CO[Si](c6ccccc6)(c6ccccc6)C(C)(C)C)[C@@H](C)[C@H](P[B]B=O)C5N=[N+]=[N-])[C@H](C)C4OC(=O)c4ccccc4)[C@H](C)C3N=[N+]=[N-])[C@@H](OCc3ccccc3)C2C)[C@H](P[B]B=O)C1N=[N+]=[N-]. The molecule has 2 radical (unpaired) electrons. The van der Waals surface area contributed by atoms with Crippen LogP contribution in [0.25, 0.3) is 31.3 Å². The van der Waals surface area contributed by atoms with Gasteiger partial charge in [0.25, 0.3) is 8.32 Å². The predicted molar refractivity (Wildman–Crippen MR) is 529 cm³/mol. The van der Waals surface area contributed by atoms with Gasteiger partial charge in [-0.15, -0.1) is 0 Å². The third-order valence-corrected chi connectivity index (χ3v) is 44.9. The van der Waals surface area contributed by atoms with E-state index in [1.54, 1.807) is 37.3 Å². The second-order valence-corrected chi connectivity index (χ2v) is 53.7. The number of carbonyl (C=O) groups excluding carboxylic acids is 1. The van der Waals surface area contributed by atoms with Gasteiger partial charge in [-0.3, -0.25) is 0 Å². The standard InChI is InChI=1S/C97H123B4N9O20P2Si3/c1-61-75(58-118-133(95(5,6)7,67-43-27-17-28-44-67)68-45-29-18-30-46-68)123-93(79(106-109-103)87(61)131-100-98-114)127-82-63(3)84(126-89(113)66-41-25-16-26-42-66)94(122-73(82)55-111)128-81-62(2)78(105-108-102)92(125-76(81)59-119-134(96(8,9)10,69-47-31-19-32-48-69)70-49-33-20-34-50-70)129-85-74(56-112)121-90(64(4)83(85)117-57-65-39-23-15-24-40-65)130-86-77(124-91(116-14)80(107-110-104)88(86)132-101-99-115)60-120-135(97(11,12)13,71-51-35-21-36-52-71)72-53-37-22-38-54-72/h15-54,61-64,73-88,90-94,111-112,131-132H,55-60H2,1-14H3/t61-,62-,63+,64?,73?,74?,75?,76?,77?,78?,79?,80?,81+,82+,83+,84?,85-,86-,87+,88-,90+,91-,92+,93+,94+/m1/s1. The molecule has 0 aromatic heterocycles. The van der Waals surface area contributed by atoms with E-state index in [1.807, 2.05) is 160 Å². The molecule has 135 heavy (non-hydrogen) atoms. The molecule has 38 heteroatoms. The van der Waals surface area contributed by atoms with Gasteiger partial charge in [-0.1, -0.05) is 130 Å². The number of rotatable bonds is 40. The topological polar surface area (TPSA) is 376 Å². The summed E-state index contributed by atoms with van der Waals surface area (Å²) in [6.45, 7) is 28.1. The van der Waals surface area contributed by atoms with Gasteiger partial charge < -0.3 is 4.43 Å². The van der Waals surface area contributed by atoms with Crippen molar-refractivity contribution < 1.29 is 94.5 Å². The molecular formula is C97H123B4N9O20P2Si3. The van der Waals surface area contributed by atoms with E-state index in [2.05, 4.69) is 165 Å². The zero-order valence-electron chi connectivity index (χ0n) is 78.8. The number of benzene rings is 8. The number of carbonyl (C=O) groups is 1. The van der Waals surface area contributed by atoms with Crippen molar-refractivity contribution in [3.63, 3.8) is 0 Å². The van der Waals surface area contributed by atoms with Gasteiger partial charge in [-0.2, -0.15) is 0 Å². The summed E-state index contributed by atoms with van der Waals surface area (Å²) in [5.74, 6) is -4.01. The third-order valence-electron chi connectivity index (χ3n) is 26.9.